The molecule has 2 heterocycles. The lowest BCUT2D eigenvalue weighted by Crippen LogP contribution is -2.40. The molecule has 1 amide bonds. The minimum atomic E-state index is -0.659. The number of anilines is 2. The Kier molecular flexibility index (Phi) is 3.38. The zero-order chi connectivity index (χ0) is 14.9. The molecule has 0 fully saturated rings. The Morgan fingerprint density at radius 3 is 2.40 bits per heavy atom. The number of nitrogen functional groups attached to an aromatic ring is 1. The first-order chi connectivity index (χ1) is 9.43. The maximum absolute atomic E-state index is 12.0. The Bertz CT molecular complexity index is 776. The average Bonchev–Trinajstić information content (AvgIpc) is 2.48. The number of carbonyl (C=O) groups is 1. The molecule has 0 aliphatic carbocycles. The highest BCUT2D eigenvalue weighted by Gasteiger charge is 2.16. The maximum Gasteiger partial charge on any atom is 0.332 e. The molecule has 8 heteroatoms. The third-order valence-electron chi connectivity index (χ3n) is 2.89. The van der Waals surface area contributed by atoms with E-state index in [1.165, 1.54) is 38.6 Å². The zero-order valence-electron chi connectivity index (χ0n) is 11.0. The second-order valence-corrected chi connectivity index (χ2v) is 4.16. The third kappa shape index (κ3) is 2.18. The van der Waals surface area contributed by atoms with E-state index in [4.69, 9.17) is 5.73 Å². The summed E-state index contributed by atoms with van der Waals surface area (Å²) < 4.78 is 1.96. The van der Waals surface area contributed by atoms with Crippen LogP contribution in [0.2, 0.25) is 0 Å². The number of pyridine rings is 1. The lowest BCUT2D eigenvalue weighted by Gasteiger charge is -2.12. The molecule has 0 aliphatic heterocycles. The lowest BCUT2D eigenvalue weighted by molar-refractivity contribution is 0.102. The van der Waals surface area contributed by atoms with Crippen molar-refractivity contribution < 1.29 is 4.79 Å². The minimum absolute atomic E-state index is 0.0968. The summed E-state index contributed by atoms with van der Waals surface area (Å²) in [5.74, 6) is -0.602. The number of nitrogens with zero attached hydrogens (tertiary/aromatic N) is 3. The molecule has 20 heavy (non-hydrogen) atoms. The van der Waals surface area contributed by atoms with Crippen molar-refractivity contribution in [2.24, 2.45) is 14.1 Å². The highest BCUT2D eigenvalue weighted by molar-refractivity contribution is 6.05. The minimum Gasteiger partial charge on any atom is -0.383 e. The SMILES string of the molecule is Cn1c(N)c(NC(=O)c2ccncc2)c(=O)n(C)c1=O. The van der Waals surface area contributed by atoms with Crippen LogP contribution in [0.3, 0.4) is 0 Å². The summed E-state index contributed by atoms with van der Waals surface area (Å²) in [6.07, 6.45) is 2.91. The van der Waals surface area contributed by atoms with E-state index in [1.807, 2.05) is 0 Å². The molecule has 0 atom stereocenters. The van der Waals surface area contributed by atoms with Gasteiger partial charge in [0, 0.05) is 32.1 Å². The first-order valence-electron chi connectivity index (χ1n) is 5.70. The Labute approximate surface area is 113 Å². The highest BCUT2D eigenvalue weighted by atomic mass is 16.2. The van der Waals surface area contributed by atoms with Crippen LogP contribution in [0.25, 0.3) is 0 Å². The van der Waals surface area contributed by atoms with Gasteiger partial charge in [0.15, 0.2) is 0 Å². The van der Waals surface area contributed by atoms with E-state index in [2.05, 4.69) is 10.3 Å². The first-order valence-corrected chi connectivity index (χ1v) is 5.70. The molecule has 0 saturated heterocycles. The van der Waals surface area contributed by atoms with E-state index in [9.17, 15) is 14.4 Å². The van der Waals surface area contributed by atoms with Gasteiger partial charge < -0.3 is 11.1 Å². The van der Waals surface area contributed by atoms with Crippen LogP contribution in [-0.4, -0.2) is 20.0 Å². The third-order valence-corrected chi connectivity index (χ3v) is 2.89. The molecule has 0 radical (unpaired) electrons. The summed E-state index contributed by atoms with van der Waals surface area (Å²) in [5.41, 5.74) is 4.68. The van der Waals surface area contributed by atoms with Crippen molar-refractivity contribution in [2.45, 2.75) is 0 Å². The van der Waals surface area contributed by atoms with Crippen LogP contribution in [0.1, 0.15) is 10.4 Å². The highest BCUT2D eigenvalue weighted by Crippen LogP contribution is 2.10. The van der Waals surface area contributed by atoms with E-state index >= 15 is 0 Å². The smallest absolute Gasteiger partial charge is 0.332 e. The number of aromatic nitrogens is 3. The first kappa shape index (κ1) is 13.5. The van der Waals surface area contributed by atoms with E-state index in [-0.39, 0.29) is 11.5 Å². The Balaban J connectivity index is 2.48. The normalized spacial score (nSPS) is 10.3. The fourth-order valence-electron chi connectivity index (χ4n) is 1.67. The van der Waals surface area contributed by atoms with E-state index in [1.54, 1.807) is 0 Å². The molecule has 2 aromatic rings. The molecule has 3 N–H and O–H groups in total. The molecule has 0 unspecified atom stereocenters. The van der Waals surface area contributed by atoms with Gasteiger partial charge >= 0.3 is 5.69 Å². The van der Waals surface area contributed by atoms with Gasteiger partial charge in [0.2, 0.25) is 0 Å². The standard InChI is InChI=1S/C12H13N5O3/c1-16-9(13)8(11(19)17(2)12(16)20)15-10(18)7-3-5-14-6-4-7/h3-6H,13H2,1-2H3,(H,15,18). The second kappa shape index (κ2) is 5.00. The van der Waals surface area contributed by atoms with Crippen molar-refractivity contribution in [3.8, 4) is 0 Å². The van der Waals surface area contributed by atoms with Gasteiger partial charge in [-0.15, -0.1) is 0 Å². The van der Waals surface area contributed by atoms with Gasteiger partial charge in [-0.1, -0.05) is 0 Å². The summed E-state index contributed by atoms with van der Waals surface area (Å²) in [5, 5.41) is 2.42. The van der Waals surface area contributed by atoms with Crippen molar-refractivity contribution in [2.75, 3.05) is 11.1 Å². The van der Waals surface area contributed by atoms with Gasteiger partial charge in [-0.3, -0.25) is 23.7 Å². The van der Waals surface area contributed by atoms with E-state index in [0.29, 0.717) is 5.56 Å². The van der Waals surface area contributed by atoms with E-state index in [0.717, 1.165) is 9.13 Å². The molecule has 0 spiro atoms. The molecular formula is C12H13N5O3. The van der Waals surface area contributed by atoms with Crippen molar-refractivity contribution in [3.63, 3.8) is 0 Å². The van der Waals surface area contributed by atoms with Gasteiger partial charge in [-0.2, -0.15) is 0 Å². The molecule has 0 bridgehead atoms. The average molecular weight is 275 g/mol. The van der Waals surface area contributed by atoms with Gasteiger partial charge in [0.05, 0.1) is 0 Å². The fourth-order valence-corrected chi connectivity index (χ4v) is 1.67. The predicted octanol–water partition coefficient (Wildman–Crippen LogP) is -0.686. The largest absolute Gasteiger partial charge is 0.383 e. The number of hydrogen-bond acceptors (Lipinski definition) is 5. The van der Waals surface area contributed by atoms with E-state index < -0.39 is 17.2 Å². The Morgan fingerprint density at radius 1 is 1.20 bits per heavy atom. The fraction of sp³-hybridized carbons (Fsp3) is 0.167. The van der Waals surface area contributed by atoms with Crippen molar-refractivity contribution in [1.82, 2.24) is 14.1 Å². The van der Waals surface area contributed by atoms with Crippen LogP contribution >= 0.6 is 0 Å². The van der Waals surface area contributed by atoms with Crippen molar-refractivity contribution in [3.05, 3.63) is 50.9 Å². The van der Waals surface area contributed by atoms with Gasteiger partial charge in [-0.05, 0) is 12.1 Å². The summed E-state index contributed by atoms with van der Waals surface area (Å²) in [4.78, 5) is 39.4. The Hall–Kier alpha value is -2.90. The summed E-state index contributed by atoms with van der Waals surface area (Å²) in [6.45, 7) is 0. The number of amides is 1. The van der Waals surface area contributed by atoms with Crippen LogP contribution in [0.4, 0.5) is 11.5 Å². The van der Waals surface area contributed by atoms with Crippen LogP contribution < -0.4 is 22.3 Å². The maximum atomic E-state index is 12.0. The lowest BCUT2D eigenvalue weighted by atomic mass is 10.2. The molecule has 0 aromatic carbocycles. The second-order valence-electron chi connectivity index (χ2n) is 4.16. The summed E-state index contributed by atoms with van der Waals surface area (Å²) in [7, 11) is 2.73. The molecule has 0 aliphatic rings. The monoisotopic (exact) mass is 275 g/mol. The number of rotatable bonds is 2. The summed E-state index contributed by atoms with van der Waals surface area (Å²) >= 11 is 0. The number of nitrogens with one attached hydrogen (secondary N) is 1. The van der Waals surface area contributed by atoms with Gasteiger partial charge in [-0.25, -0.2) is 4.79 Å². The molecule has 2 rings (SSSR count). The number of nitrogens with two attached hydrogens (primary N) is 1. The number of hydrogen-bond donors (Lipinski definition) is 2. The molecule has 2 aromatic heterocycles. The molecule has 104 valence electrons. The molecule has 8 nitrogen and oxygen atoms in total. The van der Waals surface area contributed by atoms with Crippen molar-refractivity contribution in [1.29, 1.82) is 0 Å². The molecule has 0 saturated carbocycles. The van der Waals surface area contributed by atoms with Gasteiger partial charge in [0.25, 0.3) is 11.5 Å². The predicted molar refractivity (Wildman–Crippen MR) is 73.5 cm³/mol. The topological polar surface area (TPSA) is 112 Å². The van der Waals surface area contributed by atoms with Crippen LogP contribution in [0, 0.1) is 0 Å². The number of carbonyl (C=O) groups excluding carboxylic acids is 1. The summed E-state index contributed by atoms with van der Waals surface area (Å²) in [6, 6.07) is 3.00. The zero-order valence-corrected chi connectivity index (χ0v) is 11.0. The quantitative estimate of drug-likeness (QED) is 0.753. The van der Waals surface area contributed by atoms with Crippen LogP contribution in [0.5, 0.6) is 0 Å². The van der Waals surface area contributed by atoms with Gasteiger partial charge in [0.1, 0.15) is 11.5 Å². The van der Waals surface area contributed by atoms with Crippen LogP contribution in [-0.2, 0) is 14.1 Å². The van der Waals surface area contributed by atoms with Crippen LogP contribution in [0.15, 0.2) is 34.1 Å². The molecular weight excluding hydrogens is 262 g/mol. The Morgan fingerprint density at radius 2 is 1.80 bits per heavy atom. The van der Waals surface area contributed by atoms with Crippen molar-refractivity contribution >= 4 is 17.4 Å².